The zero-order valence-electron chi connectivity index (χ0n) is 8.60. The van der Waals surface area contributed by atoms with Gasteiger partial charge in [-0.1, -0.05) is 0 Å². The lowest BCUT2D eigenvalue weighted by Gasteiger charge is -2.24. The Balaban J connectivity index is 1.76. The molecule has 2 aliphatic rings. The van der Waals surface area contributed by atoms with Crippen molar-refractivity contribution in [2.45, 2.75) is 18.6 Å². The molecule has 2 saturated heterocycles. The van der Waals surface area contributed by atoms with E-state index >= 15 is 0 Å². The van der Waals surface area contributed by atoms with E-state index in [-0.39, 0.29) is 12.0 Å². The summed E-state index contributed by atoms with van der Waals surface area (Å²) in [4.78, 5) is 17.4. The molecule has 4 nitrogen and oxygen atoms in total. The molecule has 16 heavy (non-hydrogen) atoms. The number of nitrogens with zero attached hydrogens (tertiary/aromatic N) is 2. The maximum absolute atomic E-state index is 12.9. The summed E-state index contributed by atoms with van der Waals surface area (Å²) in [6.07, 6.45) is 3.89. The largest absolute Gasteiger partial charge is 0.368 e. The average Bonchev–Trinajstić information content (AvgIpc) is 3.06. The SMILES string of the molecule is O=C(c1cncc(F)c1)N1CC[C@@H]2O[C@H]2C1. The summed E-state index contributed by atoms with van der Waals surface area (Å²) in [5.74, 6) is -0.649. The lowest BCUT2D eigenvalue weighted by Crippen LogP contribution is -2.39. The van der Waals surface area contributed by atoms with Crippen LogP contribution >= 0.6 is 0 Å². The second-order valence-corrected chi connectivity index (χ2v) is 4.14. The van der Waals surface area contributed by atoms with E-state index in [4.69, 9.17) is 4.74 Å². The zero-order valence-corrected chi connectivity index (χ0v) is 8.60. The van der Waals surface area contributed by atoms with E-state index in [9.17, 15) is 9.18 Å². The van der Waals surface area contributed by atoms with Gasteiger partial charge in [0.15, 0.2) is 0 Å². The van der Waals surface area contributed by atoms with Gasteiger partial charge in [0.2, 0.25) is 0 Å². The van der Waals surface area contributed by atoms with Gasteiger partial charge >= 0.3 is 0 Å². The van der Waals surface area contributed by atoms with Crippen molar-refractivity contribution in [1.82, 2.24) is 9.88 Å². The molecule has 1 aromatic rings. The van der Waals surface area contributed by atoms with E-state index < -0.39 is 5.82 Å². The van der Waals surface area contributed by atoms with Gasteiger partial charge in [0, 0.05) is 19.3 Å². The van der Waals surface area contributed by atoms with Crippen molar-refractivity contribution < 1.29 is 13.9 Å². The Hall–Kier alpha value is -1.49. The van der Waals surface area contributed by atoms with Crippen LogP contribution in [0.25, 0.3) is 0 Å². The van der Waals surface area contributed by atoms with E-state index in [1.165, 1.54) is 12.3 Å². The monoisotopic (exact) mass is 222 g/mol. The molecule has 1 amide bonds. The minimum atomic E-state index is -0.483. The van der Waals surface area contributed by atoms with Gasteiger partial charge < -0.3 is 9.64 Å². The number of rotatable bonds is 1. The molecule has 3 heterocycles. The molecule has 1 aromatic heterocycles. The fraction of sp³-hybridized carbons (Fsp3) is 0.455. The number of carbonyl (C=O) groups excluding carboxylic acids is 1. The van der Waals surface area contributed by atoms with Crippen LogP contribution in [0.2, 0.25) is 0 Å². The second-order valence-electron chi connectivity index (χ2n) is 4.14. The van der Waals surface area contributed by atoms with Crippen molar-refractivity contribution in [1.29, 1.82) is 0 Å². The van der Waals surface area contributed by atoms with Gasteiger partial charge in [-0.05, 0) is 12.5 Å². The molecular weight excluding hydrogens is 211 g/mol. The Labute approximate surface area is 92.0 Å². The number of carbonyl (C=O) groups is 1. The summed E-state index contributed by atoms with van der Waals surface area (Å²) >= 11 is 0. The summed E-state index contributed by atoms with van der Waals surface area (Å²) in [6, 6.07) is 1.22. The normalized spacial score (nSPS) is 27.4. The molecule has 0 unspecified atom stereocenters. The summed E-state index contributed by atoms with van der Waals surface area (Å²) in [5, 5.41) is 0. The van der Waals surface area contributed by atoms with Crippen LogP contribution in [-0.2, 0) is 4.74 Å². The number of fused-ring (bicyclic) bond motifs is 1. The molecule has 2 fully saturated rings. The van der Waals surface area contributed by atoms with Crippen molar-refractivity contribution in [3.8, 4) is 0 Å². The van der Waals surface area contributed by atoms with Gasteiger partial charge in [0.05, 0.1) is 17.9 Å². The molecule has 0 N–H and O–H groups in total. The summed E-state index contributed by atoms with van der Waals surface area (Å²) in [7, 11) is 0. The van der Waals surface area contributed by atoms with Crippen molar-refractivity contribution in [3.63, 3.8) is 0 Å². The summed E-state index contributed by atoms with van der Waals surface area (Å²) in [6.45, 7) is 1.29. The fourth-order valence-corrected chi connectivity index (χ4v) is 2.08. The second kappa shape index (κ2) is 3.52. The molecule has 5 heteroatoms. The first kappa shape index (κ1) is 9.72. The van der Waals surface area contributed by atoms with Crippen LogP contribution in [0.5, 0.6) is 0 Å². The molecule has 0 radical (unpaired) electrons. The topological polar surface area (TPSA) is 45.7 Å². The van der Waals surface area contributed by atoms with Crippen LogP contribution in [0.15, 0.2) is 18.5 Å². The number of hydrogen-bond acceptors (Lipinski definition) is 3. The highest BCUT2D eigenvalue weighted by atomic mass is 19.1. The van der Waals surface area contributed by atoms with E-state index in [2.05, 4.69) is 4.98 Å². The van der Waals surface area contributed by atoms with Crippen LogP contribution in [0.1, 0.15) is 16.8 Å². The highest BCUT2D eigenvalue weighted by Gasteiger charge is 2.44. The van der Waals surface area contributed by atoms with Crippen molar-refractivity contribution in [3.05, 3.63) is 29.8 Å². The maximum atomic E-state index is 12.9. The van der Waals surface area contributed by atoms with Crippen molar-refractivity contribution in [2.75, 3.05) is 13.1 Å². The fourth-order valence-electron chi connectivity index (χ4n) is 2.08. The molecule has 84 valence electrons. The van der Waals surface area contributed by atoms with Crippen LogP contribution < -0.4 is 0 Å². The Morgan fingerprint density at radius 3 is 3.12 bits per heavy atom. The van der Waals surface area contributed by atoms with Crippen LogP contribution in [0, 0.1) is 5.82 Å². The highest BCUT2D eigenvalue weighted by molar-refractivity contribution is 5.94. The number of aromatic nitrogens is 1. The maximum Gasteiger partial charge on any atom is 0.255 e. The third-order valence-electron chi connectivity index (χ3n) is 3.01. The Kier molecular flexibility index (Phi) is 2.14. The highest BCUT2D eigenvalue weighted by Crippen LogP contribution is 2.31. The minimum Gasteiger partial charge on any atom is -0.368 e. The van der Waals surface area contributed by atoms with Gasteiger partial charge in [-0.3, -0.25) is 9.78 Å². The van der Waals surface area contributed by atoms with Gasteiger partial charge in [-0.2, -0.15) is 0 Å². The first-order valence-electron chi connectivity index (χ1n) is 5.29. The Morgan fingerprint density at radius 1 is 1.50 bits per heavy atom. The molecule has 2 atom stereocenters. The quantitative estimate of drug-likeness (QED) is 0.661. The Morgan fingerprint density at radius 2 is 2.38 bits per heavy atom. The van der Waals surface area contributed by atoms with Crippen molar-refractivity contribution >= 4 is 5.91 Å². The van der Waals surface area contributed by atoms with Crippen molar-refractivity contribution in [2.24, 2.45) is 0 Å². The first-order valence-corrected chi connectivity index (χ1v) is 5.29. The number of likely N-dealkylation sites (tertiary alicyclic amines) is 1. The lowest BCUT2D eigenvalue weighted by molar-refractivity contribution is 0.0735. The van der Waals surface area contributed by atoms with Gasteiger partial charge in [0.25, 0.3) is 5.91 Å². The van der Waals surface area contributed by atoms with E-state index in [1.54, 1.807) is 4.90 Å². The first-order chi connectivity index (χ1) is 7.74. The number of pyridine rings is 1. The molecule has 2 aliphatic heterocycles. The number of halogens is 1. The summed E-state index contributed by atoms with van der Waals surface area (Å²) < 4.78 is 18.3. The van der Waals surface area contributed by atoms with Crippen LogP contribution in [0.4, 0.5) is 4.39 Å². The number of hydrogen-bond donors (Lipinski definition) is 0. The van der Waals surface area contributed by atoms with E-state index in [0.29, 0.717) is 24.8 Å². The summed E-state index contributed by atoms with van der Waals surface area (Å²) in [5.41, 5.74) is 0.305. The van der Waals surface area contributed by atoms with Gasteiger partial charge in [0.1, 0.15) is 11.9 Å². The van der Waals surface area contributed by atoms with E-state index in [1.807, 2.05) is 0 Å². The zero-order chi connectivity index (χ0) is 11.1. The number of amides is 1. The number of piperidine rings is 1. The van der Waals surface area contributed by atoms with E-state index in [0.717, 1.165) is 12.6 Å². The third kappa shape index (κ3) is 1.67. The van der Waals surface area contributed by atoms with Gasteiger partial charge in [-0.15, -0.1) is 0 Å². The standard InChI is InChI=1S/C11H11FN2O2/c12-8-3-7(4-13-5-8)11(15)14-2-1-9-10(6-14)16-9/h3-5,9-10H,1-2,6H2/t9-,10-/m0/s1. The average molecular weight is 222 g/mol. The minimum absolute atomic E-state index is 0.166. The number of epoxide rings is 1. The van der Waals surface area contributed by atoms with Gasteiger partial charge in [-0.25, -0.2) is 4.39 Å². The van der Waals surface area contributed by atoms with Crippen LogP contribution in [-0.4, -0.2) is 41.1 Å². The third-order valence-corrected chi connectivity index (χ3v) is 3.01. The number of ether oxygens (including phenoxy) is 1. The lowest BCUT2D eigenvalue weighted by atomic mass is 10.1. The molecule has 0 aromatic carbocycles. The van der Waals surface area contributed by atoms with Crippen LogP contribution in [0.3, 0.4) is 0 Å². The Bertz CT molecular complexity index is 438. The molecule has 0 spiro atoms. The molecule has 0 aliphatic carbocycles. The predicted molar refractivity (Wildman–Crippen MR) is 53.4 cm³/mol. The molecule has 3 rings (SSSR count). The predicted octanol–water partition coefficient (Wildman–Crippen LogP) is 0.834. The smallest absolute Gasteiger partial charge is 0.255 e. The molecular formula is C11H11FN2O2. The molecule has 0 saturated carbocycles. The molecule has 0 bridgehead atoms.